The highest BCUT2D eigenvalue weighted by atomic mass is 16.2. The molecular formula is C22H32N6O. The number of aromatic amines is 1. The van der Waals surface area contributed by atoms with E-state index in [2.05, 4.69) is 30.4 Å². The Kier molecular flexibility index (Phi) is 6.11. The summed E-state index contributed by atoms with van der Waals surface area (Å²) in [7, 11) is 0. The fourth-order valence-electron chi connectivity index (χ4n) is 4.75. The first-order valence-electron chi connectivity index (χ1n) is 11.0. The first-order valence-corrected chi connectivity index (χ1v) is 11.0. The van der Waals surface area contributed by atoms with E-state index < -0.39 is 0 Å². The molecule has 2 fully saturated rings. The largest absolute Gasteiger partial charge is 0.342 e. The van der Waals surface area contributed by atoms with Crippen LogP contribution in [0.3, 0.4) is 0 Å². The molecule has 0 aromatic carbocycles. The maximum Gasteiger partial charge on any atom is 0.225 e. The lowest BCUT2D eigenvalue weighted by Gasteiger charge is -2.36. The number of likely N-dealkylation sites (tertiary alicyclic amines) is 1. The third-order valence-corrected chi connectivity index (χ3v) is 6.14. The van der Waals surface area contributed by atoms with Crippen LogP contribution in [0.15, 0.2) is 12.1 Å². The van der Waals surface area contributed by atoms with Crippen LogP contribution >= 0.6 is 0 Å². The first kappa shape index (κ1) is 19.9. The van der Waals surface area contributed by atoms with E-state index in [9.17, 15) is 4.79 Å². The molecule has 3 heterocycles. The topological polar surface area (TPSA) is 86.8 Å². The molecule has 1 saturated heterocycles. The van der Waals surface area contributed by atoms with Crippen molar-refractivity contribution in [1.29, 1.82) is 0 Å². The molecule has 2 N–H and O–H groups in total. The van der Waals surface area contributed by atoms with Crippen molar-refractivity contribution in [2.45, 2.75) is 65.2 Å². The van der Waals surface area contributed by atoms with Crippen LogP contribution in [0.4, 0.5) is 11.6 Å². The monoisotopic (exact) mass is 396 g/mol. The van der Waals surface area contributed by atoms with Gasteiger partial charge in [0.15, 0.2) is 5.82 Å². The number of carbonyl (C=O) groups is 1. The predicted octanol–water partition coefficient (Wildman–Crippen LogP) is 3.92. The van der Waals surface area contributed by atoms with Crippen molar-refractivity contribution in [3.8, 4) is 0 Å². The molecule has 1 aliphatic heterocycles. The third kappa shape index (κ3) is 5.14. The van der Waals surface area contributed by atoms with E-state index >= 15 is 0 Å². The van der Waals surface area contributed by atoms with Crippen LogP contribution in [0, 0.1) is 25.7 Å². The number of hydrogen-bond acceptors (Lipinski definition) is 5. The van der Waals surface area contributed by atoms with Crippen LogP contribution in [-0.4, -0.2) is 44.1 Å². The second-order valence-corrected chi connectivity index (χ2v) is 8.68. The van der Waals surface area contributed by atoms with Gasteiger partial charge >= 0.3 is 0 Å². The Morgan fingerprint density at radius 2 is 1.93 bits per heavy atom. The van der Waals surface area contributed by atoms with Crippen molar-refractivity contribution >= 4 is 17.5 Å². The minimum Gasteiger partial charge on any atom is -0.342 e. The lowest BCUT2D eigenvalue weighted by atomic mass is 9.86. The number of amides is 1. The highest BCUT2D eigenvalue weighted by Gasteiger charge is 2.30. The molecular weight excluding hydrogens is 364 g/mol. The lowest BCUT2D eigenvalue weighted by Crippen LogP contribution is -2.44. The van der Waals surface area contributed by atoms with E-state index in [1.54, 1.807) is 0 Å². The minimum absolute atomic E-state index is 0.261. The molecule has 0 radical (unpaired) electrons. The van der Waals surface area contributed by atoms with Gasteiger partial charge in [-0.3, -0.25) is 9.89 Å². The highest BCUT2D eigenvalue weighted by molar-refractivity contribution is 5.79. The number of piperidine rings is 1. The normalized spacial score (nSPS) is 20.6. The van der Waals surface area contributed by atoms with Gasteiger partial charge in [-0.05, 0) is 51.9 Å². The van der Waals surface area contributed by atoms with Gasteiger partial charge < -0.3 is 10.2 Å². The molecule has 1 saturated carbocycles. The number of rotatable bonds is 5. The van der Waals surface area contributed by atoms with E-state index in [-0.39, 0.29) is 5.92 Å². The zero-order valence-corrected chi connectivity index (χ0v) is 17.6. The fraction of sp³-hybridized carbons (Fsp3) is 0.636. The third-order valence-electron chi connectivity index (χ3n) is 6.14. The van der Waals surface area contributed by atoms with Gasteiger partial charge in [-0.15, -0.1) is 0 Å². The molecule has 1 aliphatic carbocycles. The Bertz CT molecular complexity index is 842. The first-order chi connectivity index (χ1) is 14.1. The molecule has 2 aromatic rings. The average molecular weight is 397 g/mol. The van der Waals surface area contributed by atoms with Gasteiger partial charge in [0.1, 0.15) is 11.6 Å². The Morgan fingerprint density at radius 1 is 1.10 bits per heavy atom. The van der Waals surface area contributed by atoms with Crippen molar-refractivity contribution in [3.63, 3.8) is 0 Å². The van der Waals surface area contributed by atoms with E-state index in [0.29, 0.717) is 11.8 Å². The molecule has 0 spiro atoms. The van der Waals surface area contributed by atoms with E-state index in [4.69, 9.17) is 0 Å². The quantitative estimate of drug-likeness (QED) is 0.800. The number of aromatic nitrogens is 4. The van der Waals surface area contributed by atoms with Crippen molar-refractivity contribution in [3.05, 3.63) is 29.3 Å². The van der Waals surface area contributed by atoms with Crippen molar-refractivity contribution < 1.29 is 4.79 Å². The minimum atomic E-state index is 0.261. The number of carbonyl (C=O) groups excluding carboxylic acids is 1. The van der Waals surface area contributed by atoms with Gasteiger partial charge in [0.05, 0.1) is 0 Å². The summed E-state index contributed by atoms with van der Waals surface area (Å²) < 4.78 is 0. The standard InChI is InChI=1S/C22H32N6O/c1-15-11-21(27-26-15)25-20-13-19(23-16(2)24-20)12-17-7-6-10-28(14-17)22(29)18-8-4-3-5-9-18/h11,13,17-18H,3-10,12,14H2,1-2H3,(H2,23,24,25,26,27). The molecule has 1 unspecified atom stereocenters. The average Bonchev–Trinajstić information content (AvgIpc) is 3.12. The summed E-state index contributed by atoms with van der Waals surface area (Å²) in [4.78, 5) is 24.2. The van der Waals surface area contributed by atoms with Gasteiger partial charge in [-0.25, -0.2) is 9.97 Å². The fourth-order valence-corrected chi connectivity index (χ4v) is 4.75. The number of anilines is 2. The smallest absolute Gasteiger partial charge is 0.225 e. The summed E-state index contributed by atoms with van der Waals surface area (Å²) in [6.07, 6.45) is 8.97. The van der Waals surface area contributed by atoms with Crippen LogP contribution in [0.5, 0.6) is 0 Å². The van der Waals surface area contributed by atoms with Crippen LogP contribution < -0.4 is 5.32 Å². The molecule has 4 rings (SSSR count). The predicted molar refractivity (Wildman–Crippen MR) is 113 cm³/mol. The summed E-state index contributed by atoms with van der Waals surface area (Å²) in [6.45, 7) is 5.67. The molecule has 0 bridgehead atoms. The second kappa shape index (κ2) is 8.93. The Morgan fingerprint density at radius 3 is 2.69 bits per heavy atom. The summed E-state index contributed by atoms with van der Waals surface area (Å²) in [6, 6.07) is 3.96. The maximum absolute atomic E-state index is 12.9. The summed E-state index contributed by atoms with van der Waals surface area (Å²) in [5.41, 5.74) is 2.03. The van der Waals surface area contributed by atoms with E-state index in [0.717, 1.165) is 74.0 Å². The number of aryl methyl sites for hydroxylation is 2. The Hall–Kier alpha value is -2.44. The maximum atomic E-state index is 12.9. The van der Waals surface area contributed by atoms with Crippen molar-refractivity contribution in [2.24, 2.45) is 11.8 Å². The zero-order valence-electron chi connectivity index (χ0n) is 17.6. The molecule has 2 aliphatic rings. The van der Waals surface area contributed by atoms with Crippen LogP contribution in [-0.2, 0) is 11.2 Å². The van der Waals surface area contributed by atoms with Crippen molar-refractivity contribution in [2.75, 3.05) is 18.4 Å². The van der Waals surface area contributed by atoms with Gasteiger partial charge in [0.25, 0.3) is 0 Å². The van der Waals surface area contributed by atoms with Gasteiger partial charge in [0.2, 0.25) is 5.91 Å². The summed E-state index contributed by atoms with van der Waals surface area (Å²) in [5.74, 6) is 3.40. The number of hydrogen-bond donors (Lipinski definition) is 2. The molecule has 156 valence electrons. The van der Waals surface area contributed by atoms with Crippen LogP contribution in [0.1, 0.15) is 62.2 Å². The Labute approximate surface area is 172 Å². The van der Waals surface area contributed by atoms with Gasteiger partial charge in [-0.1, -0.05) is 19.3 Å². The van der Waals surface area contributed by atoms with Gasteiger partial charge in [-0.2, -0.15) is 5.10 Å². The van der Waals surface area contributed by atoms with Crippen LogP contribution in [0.25, 0.3) is 0 Å². The summed E-state index contributed by atoms with van der Waals surface area (Å²) >= 11 is 0. The summed E-state index contributed by atoms with van der Waals surface area (Å²) in [5, 5.41) is 10.4. The molecule has 7 nitrogen and oxygen atoms in total. The second-order valence-electron chi connectivity index (χ2n) is 8.68. The van der Waals surface area contributed by atoms with E-state index in [1.165, 1.54) is 19.3 Å². The SMILES string of the molecule is Cc1nc(CC2CCCN(C(=O)C3CCCCC3)C2)cc(Nc2cc(C)[nH]n2)n1. The Balaban J connectivity index is 1.39. The molecule has 1 amide bonds. The molecule has 7 heteroatoms. The molecule has 29 heavy (non-hydrogen) atoms. The van der Waals surface area contributed by atoms with Crippen molar-refractivity contribution in [1.82, 2.24) is 25.1 Å². The molecule has 2 aromatic heterocycles. The van der Waals surface area contributed by atoms with Gasteiger partial charge in [0, 0.05) is 42.5 Å². The number of nitrogens with zero attached hydrogens (tertiary/aromatic N) is 4. The van der Waals surface area contributed by atoms with E-state index in [1.807, 2.05) is 26.0 Å². The highest BCUT2D eigenvalue weighted by Crippen LogP contribution is 2.28. The zero-order chi connectivity index (χ0) is 20.2. The molecule has 1 atom stereocenters. The number of nitrogens with one attached hydrogen (secondary N) is 2. The number of H-pyrrole nitrogens is 1. The van der Waals surface area contributed by atoms with Crippen LogP contribution in [0.2, 0.25) is 0 Å². The lowest BCUT2D eigenvalue weighted by molar-refractivity contribution is -0.138.